The first-order valence-electron chi connectivity index (χ1n) is 7.48. The molecule has 6 heteroatoms. The van der Waals surface area contributed by atoms with Crippen molar-refractivity contribution < 1.29 is 18.7 Å². The van der Waals surface area contributed by atoms with Crippen LogP contribution in [0.2, 0.25) is 0 Å². The molecule has 0 unspecified atom stereocenters. The molecule has 122 valence electrons. The van der Waals surface area contributed by atoms with Gasteiger partial charge in [0.2, 0.25) is 5.76 Å². The largest absolute Gasteiger partial charge is 0.462 e. The number of nitrogens with one attached hydrogen (secondary N) is 1. The summed E-state index contributed by atoms with van der Waals surface area (Å²) < 4.78 is 10.4. The third kappa shape index (κ3) is 3.77. The maximum Gasteiger partial charge on any atom is 0.340 e. The van der Waals surface area contributed by atoms with Crippen LogP contribution < -0.4 is 5.32 Å². The van der Waals surface area contributed by atoms with Crippen LogP contribution in [0.4, 0.5) is 5.69 Å². The Labute approximate surface area is 134 Å². The first-order valence-corrected chi connectivity index (χ1v) is 7.48. The highest BCUT2D eigenvalue weighted by Crippen LogP contribution is 2.22. The minimum atomic E-state index is -0.485. The van der Waals surface area contributed by atoms with Crippen molar-refractivity contribution >= 4 is 17.6 Å². The van der Waals surface area contributed by atoms with Crippen LogP contribution in [-0.2, 0) is 4.74 Å². The van der Waals surface area contributed by atoms with Crippen molar-refractivity contribution in [1.29, 1.82) is 0 Å². The molecule has 6 nitrogen and oxygen atoms in total. The fraction of sp³-hybridized carbons (Fsp3) is 0.353. The zero-order valence-electron chi connectivity index (χ0n) is 13.7. The number of benzene rings is 1. The number of aromatic nitrogens is 1. The molecular formula is C17H20N2O4. The molecule has 0 atom stereocenters. The Morgan fingerprint density at radius 3 is 2.65 bits per heavy atom. The lowest BCUT2D eigenvalue weighted by atomic mass is 10.1. The van der Waals surface area contributed by atoms with Gasteiger partial charge in [0.15, 0.2) is 5.89 Å². The van der Waals surface area contributed by atoms with Crippen LogP contribution >= 0.6 is 0 Å². The molecule has 0 saturated carbocycles. The van der Waals surface area contributed by atoms with E-state index in [0.717, 1.165) is 0 Å². The third-order valence-electron chi connectivity index (χ3n) is 3.18. The molecule has 23 heavy (non-hydrogen) atoms. The second kappa shape index (κ2) is 7.09. The summed E-state index contributed by atoms with van der Waals surface area (Å²) in [4.78, 5) is 28.7. The number of rotatable bonds is 5. The molecular weight excluding hydrogens is 296 g/mol. The molecule has 0 spiro atoms. The number of hydrogen-bond donors (Lipinski definition) is 1. The predicted octanol–water partition coefficient (Wildman–Crippen LogP) is 3.54. The lowest BCUT2D eigenvalue weighted by Gasteiger charge is -2.10. The van der Waals surface area contributed by atoms with Gasteiger partial charge in [-0.3, -0.25) is 4.79 Å². The number of amides is 1. The van der Waals surface area contributed by atoms with Crippen LogP contribution in [0, 0.1) is 6.92 Å². The van der Waals surface area contributed by atoms with Crippen molar-refractivity contribution in [1.82, 2.24) is 4.98 Å². The SMILES string of the molecule is CCOC(=O)c1ccccc1NC(=O)c1oc(C)nc1C(C)C. The lowest BCUT2D eigenvalue weighted by molar-refractivity contribution is 0.0527. The van der Waals surface area contributed by atoms with Crippen LogP contribution in [0.3, 0.4) is 0 Å². The monoisotopic (exact) mass is 316 g/mol. The van der Waals surface area contributed by atoms with Gasteiger partial charge in [-0.2, -0.15) is 0 Å². The van der Waals surface area contributed by atoms with Crippen LogP contribution in [0.1, 0.15) is 59.2 Å². The van der Waals surface area contributed by atoms with Crippen LogP contribution in [0.5, 0.6) is 0 Å². The van der Waals surface area contributed by atoms with E-state index in [4.69, 9.17) is 9.15 Å². The van der Waals surface area contributed by atoms with Gasteiger partial charge in [0.1, 0.15) is 0 Å². The minimum absolute atomic E-state index is 0.0495. The van der Waals surface area contributed by atoms with E-state index in [2.05, 4.69) is 10.3 Å². The second-order valence-electron chi connectivity index (χ2n) is 5.32. The predicted molar refractivity (Wildman–Crippen MR) is 85.7 cm³/mol. The van der Waals surface area contributed by atoms with Gasteiger partial charge in [0, 0.05) is 6.92 Å². The fourth-order valence-corrected chi connectivity index (χ4v) is 2.16. The lowest BCUT2D eigenvalue weighted by Crippen LogP contribution is -2.17. The normalized spacial score (nSPS) is 10.7. The molecule has 0 radical (unpaired) electrons. The Morgan fingerprint density at radius 1 is 1.30 bits per heavy atom. The number of anilines is 1. The zero-order valence-corrected chi connectivity index (χ0v) is 13.7. The molecule has 0 aliphatic heterocycles. The molecule has 0 fully saturated rings. The average molecular weight is 316 g/mol. The third-order valence-corrected chi connectivity index (χ3v) is 3.18. The van der Waals surface area contributed by atoms with Crippen molar-refractivity contribution in [2.75, 3.05) is 11.9 Å². The van der Waals surface area contributed by atoms with Gasteiger partial charge in [-0.1, -0.05) is 26.0 Å². The molecule has 1 aromatic carbocycles. The number of esters is 1. The quantitative estimate of drug-likeness (QED) is 0.853. The van der Waals surface area contributed by atoms with E-state index in [1.807, 2.05) is 13.8 Å². The molecule has 0 bridgehead atoms. The second-order valence-corrected chi connectivity index (χ2v) is 5.32. The summed E-state index contributed by atoms with van der Waals surface area (Å²) in [5.41, 5.74) is 1.26. The number of para-hydroxylation sites is 1. The van der Waals surface area contributed by atoms with Crippen molar-refractivity contribution in [3.63, 3.8) is 0 Å². The van der Waals surface area contributed by atoms with Gasteiger partial charge in [0.05, 0.1) is 23.6 Å². The molecule has 0 saturated heterocycles. The molecule has 1 amide bonds. The summed E-state index contributed by atoms with van der Waals surface area (Å²) in [6.45, 7) is 7.54. The van der Waals surface area contributed by atoms with E-state index in [1.54, 1.807) is 38.1 Å². The zero-order chi connectivity index (χ0) is 17.0. The standard InChI is InChI=1S/C17H20N2O4/c1-5-22-17(21)12-8-6-7-9-13(12)19-16(20)15-14(10(2)3)18-11(4)23-15/h6-10H,5H2,1-4H3,(H,19,20). The summed E-state index contributed by atoms with van der Waals surface area (Å²) in [6, 6.07) is 6.68. The Morgan fingerprint density at radius 2 is 2.00 bits per heavy atom. The topological polar surface area (TPSA) is 81.4 Å². The summed E-state index contributed by atoms with van der Waals surface area (Å²) in [7, 11) is 0. The van der Waals surface area contributed by atoms with Gasteiger partial charge in [-0.15, -0.1) is 0 Å². The van der Waals surface area contributed by atoms with E-state index in [1.165, 1.54) is 0 Å². The highest BCUT2D eigenvalue weighted by molar-refractivity contribution is 6.07. The van der Waals surface area contributed by atoms with Gasteiger partial charge < -0.3 is 14.5 Å². The van der Waals surface area contributed by atoms with Crippen molar-refractivity contribution in [2.24, 2.45) is 0 Å². The fourth-order valence-electron chi connectivity index (χ4n) is 2.16. The van der Waals surface area contributed by atoms with Crippen LogP contribution in [0.25, 0.3) is 0 Å². The molecule has 0 aliphatic carbocycles. The molecule has 2 aromatic rings. The number of aryl methyl sites for hydroxylation is 1. The van der Waals surface area contributed by atoms with Crippen molar-refractivity contribution in [3.8, 4) is 0 Å². The summed E-state index contributed by atoms with van der Waals surface area (Å²) in [5, 5.41) is 2.70. The molecule has 2 rings (SSSR count). The molecule has 1 N–H and O–H groups in total. The Balaban J connectivity index is 2.30. The molecule has 1 heterocycles. The number of hydrogen-bond acceptors (Lipinski definition) is 5. The van der Waals surface area contributed by atoms with Crippen molar-refractivity contribution in [2.45, 2.75) is 33.6 Å². The van der Waals surface area contributed by atoms with E-state index in [0.29, 0.717) is 22.8 Å². The number of carbonyl (C=O) groups excluding carboxylic acids is 2. The number of oxazole rings is 1. The summed E-state index contributed by atoms with van der Waals surface area (Å²) in [5.74, 6) is -0.283. The minimum Gasteiger partial charge on any atom is -0.462 e. The maximum absolute atomic E-state index is 12.5. The summed E-state index contributed by atoms with van der Waals surface area (Å²) >= 11 is 0. The van der Waals surface area contributed by atoms with Gasteiger partial charge in [0.25, 0.3) is 5.91 Å². The van der Waals surface area contributed by atoms with Crippen molar-refractivity contribution in [3.05, 3.63) is 47.2 Å². The van der Waals surface area contributed by atoms with Crippen LogP contribution in [0.15, 0.2) is 28.7 Å². The van der Waals surface area contributed by atoms with Gasteiger partial charge >= 0.3 is 5.97 Å². The maximum atomic E-state index is 12.5. The van der Waals surface area contributed by atoms with Gasteiger partial charge in [-0.05, 0) is 25.0 Å². The number of carbonyl (C=O) groups is 2. The first kappa shape index (κ1) is 16.7. The Hall–Kier alpha value is -2.63. The summed E-state index contributed by atoms with van der Waals surface area (Å²) in [6.07, 6.45) is 0. The Bertz CT molecular complexity index is 719. The smallest absolute Gasteiger partial charge is 0.340 e. The highest BCUT2D eigenvalue weighted by atomic mass is 16.5. The molecule has 0 aliphatic rings. The van der Waals surface area contributed by atoms with Crippen LogP contribution in [-0.4, -0.2) is 23.5 Å². The number of ether oxygens (including phenoxy) is 1. The van der Waals surface area contributed by atoms with E-state index < -0.39 is 11.9 Å². The highest BCUT2D eigenvalue weighted by Gasteiger charge is 2.23. The average Bonchev–Trinajstić information content (AvgIpc) is 2.90. The Kier molecular flexibility index (Phi) is 5.16. The first-order chi connectivity index (χ1) is 10.9. The van der Waals surface area contributed by atoms with E-state index in [-0.39, 0.29) is 18.3 Å². The molecule has 1 aromatic heterocycles. The number of nitrogens with zero attached hydrogens (tertiary/aromatic N) is 1. The van der Waals surface area contributed by atoms with Gasteiger partial charge in [-0.25, -0.2) is 9.78 Å². The van der Waals surface area contributed by atoms with E-state index in [9.17, 15) is 9.59 Å². The van der Waals surface area contributed by atoms with E-state index >= 15 is 0 Å².